The van der Waals surface area contributed by atoms with E-state index in [4.69, 9.17) is 12.2 Å². The molecule has 0 spiro atoms. The minimum absolute atomic E-state index is 0.281. The number of amides is 1. The first-order chi connectivity index (χ1) is 30.9. The molecule has 0 saturated carbocycles. The second-order valence-corrected chi connectivity index (χ2v) is 20.5. The molecule has 63 heavy (non-hydrogen) atoms. The van der Waals surface area contributed by atoms with Crippen molar-refractivity contribution in [2.24, 2.45) is 5.92 Å². The fraction of sp³-hybridized carbons (Fsp3) is 0.463. The van der Waals surface area contributed by atoms with Crippen molar-refractivity contribution in [3.63, 3.8) is 0 Å². The van der Waals surface area contributed by atoms with Gasteiger partial charge < -0.3 is 14.6 Å². The first kappa shape index (κ1) is 46.9. The number of unbranched alkanes of at least 4 members (excludes halogenated alkanes) is 16. The van der Waals surface area contributed by atoms with Crippen LogP contribution in [0.3, 0.4) is 0 Å². The topological polar surface area (TPSA) is 65.8 Å². The number of aromatic nitrogens is 1. The predicted octanol–water partition coefficient (Wildman–Crippen LogP) is 16.1. The van der Waals surface area contributed by atoms with E-state index < -0.39 is 12.5 Å². The Bertz CT molecular complexity index is 2320. The van der Waals surface area contributed by atoms with Crippen LogP contribution in [0.4, 0.5) is 11.4 Å². The predicted molar refractivity (Wildman–Crippen MR) is 273 cm³/mol. The van der Waals surface area contributed by atoms with Crippen LogP contribution in [0.15, 0.2) is 99.6 Å². The highest BCUT2D eigenvalue weighted by Gasteiger charge is 2.34. The van der Waals surface area contributed by atoms with Crippen LogP contribution in [0, 0.1) is 5.92 Å². The maximum absolute atomic E-state index is 13.3. The molecule has 9 heteroatoms. The van der Waals surface area contributed by atoms with Gasteiger partial charge in [-0.3, -0.25) is 14.5 Å². The number of benzene rings is 4. The summed E-state index contributed by atoms with van der Waals surface area (Å²) in [6.45, 7) is 5.12. The third kappa shape index (κ3) is 12.2. The van der Waals surface area contributed by atoms with Crippen LogP contribution in [0.2, 0.25) is 0 Å². The number of para-hydroxylation sites is 2. The van der Waals surface area contributed by atoms with Gasteiger partial charge in [0.15, 0.2) is 0 Å². The molecule has 1 amide bonds. The third-order valence-electron chi connectivity index (χ3n) is 12.9. The molecule has 1 unspecified atom stereocenters. The van der Waals surface area contributed by atoms with Crippen molar-refractivity contribution in [3.8, 4) is 5.69 Å². The number of thioether (sulfide) groups is 1. The Labute approximate surface area is 390 Å². The summed E-state index contributed by atoms with van der Waals surface area (Å²) in [6, 6.07) is 30.9. The van der Waals surface area contributed by atoms with Gasteiger partial charge in [0.1, 0.15) is 10.9 Å². The molecule has 3 heterocycles. The number of anilines is 2. The third-order valence-corrected chi connectivity index (χ3v) is 15.4. The quantitative estimate of drug-likeness (QED) is 0.0337. The highest BCUT2D eigenvalue weighted by molar-refractivity contribution is 8.26. The summed E-state index contributed by atoms with van der Waals surface area (Å²) in [5.41, 5.74) is 6.89. The number of carbonyl (C=O) groups excluding carboxylic acids is 1. The van der Waals surface area contributed by atoms with Gasteiger partial charge in [-0.25, -0.2) is 0 Å². The highest BCUT2D eigenvalue weighted by Crippen LogP contribution is 2.50. The van der Waals surface area contributed by atoms with Crippen molar-refractivity contribution in [3.05, 3.63) is 95.4 Å². The van der Waals surface area contributed by atoms with Gasteiger partial charge in [0.05, 0.1) is 27.3 Å². The van der Waals surface area contributed by atoms with E-state index in [1.54, 1.807) is 11.8 Å². The normalized spacial score (nSPS) is 14.9. The number of rotatable bonds is 26. The standard InChI is InChI=1S/C54H67N3O3S3/c1-3-5-7-9-11-13-14-16-18-20-26-40(25-19-17-15-12-10-8-6-4-2)38-55-47-33-31-41(36-51-53(60)56(39-52(58)59)54(61)63-51)35-49(47)62-50-37-42(32-34-48(50)55)57-45-29-23-21-27-43(45)44-28-22-24-30-46(44)57/h21-24,27-37,40H,3-20,25-26,38-39H2,1-2H3,(H,58,59)/b51-36-. The minimum atomic E-state index is -1.08. The maximum atomic E-state index is 13.3. The van der Waals surface area contributed by atoms with Crippen LogP contribution in [0.25, 0.3) is 33.6 Å². The fourth-order valence-corrected chi connectivity index (χ4v) is 11.9. The zero-order chi connectivity index (χ0) is 44.0. The molecule has 1 atom stereocenters. The van der Waals surface area contributed by atoms with E-state index in [0.717, 1.165) is 22.7 Å². The molecule has 1 saturated heterocycles. The monoisotopic (exact) mass is 901 g/mol. The molecule has 5 aromatic rings. The van der Waals surface area contributed by atoms with Crippen molar-refractivity contribution in [2.75, 3.05) is 18.0 Å². The van der Waals surface area contributed by atoms with Gasteiger partial charge in [0.2, 0.25) is 0 Å². The van der Waals surface area contributed by atoms with Crippen LogP contribution in [-0.4, -0.2) is 43.9 Å². The lowest BCUT2D eigenvalue weighted by atomic mass is 9.93. The van der Waals surface area contributed by atoms with Gasteiger partial charge in [0, 0.05) is 32.8 Å². The Hall–Kier alpha value is -4.05. The van der Waals surface area contributed by atoms with Crippen molar-refractivity contribution in [1.29, 1.82) is 0 Å². The van der Waals surface area contributed by atoms with E-state index in [-0.39, 0.29) is 10.2 Å². The Balaban J connectivity index is 1.17. The molecule has 6 nitrogen and oxygen atoms in total. The fourth-order valence-electron chi connectivity index (χ4n) is 9.51. The summed E-state index contributed by atoms with van der Waals surface area (Å²) in [4.78, 5) is 31.4. The van der Waals surface area contributed by atoms with Crippen molar-refractivity contribution < 1.29 is 14.7 Å². The molecule has 1 fully saturated rings. The Kier molecular flexibility index (Phi) is 17.7. The van der Waals surface area contributed by atoms with E-state index in [1.807, 2.05) is 6.08 Å². The molecule has 7 rings (SSSR count). The number of aliphatic carboxylic acids is 1. The van der Waals surface area contributed by atoms with E-state index in [0.29, 0.717) is 10.8 Å². The molecule has 1 N–H and O–H groups in total. The Morgan fingerprint density at radius 2 is 1.14 bits per heavy atom. The maximum Gasteiger partial charge on any atom is 0.323 e. The van der Waals surface area contributed by atoms with E-state index in [1.165, 1.54) is 183 Å². The highest BCUT2D eigenvalue weighted by atomic mass is 32.2. The van der Waals surface area contributed by atoms with Gasteiger partial charge in [-0.2, -0.15) is 0 Å². The largest absolute Gasteiger partial charge is 0.480 e. The number of hydrogen-bond donors (Lipinski definition) is 1. The SMILES string of the molecule is CCCCCCCCCCCCC(CCCCCCCCCC)CN1c2ccc(/C=C3\SC(=S)N(CC(=O)O)C3=O)cc2Sc2cc(-n3c4ccccc4c4ccccc43)ccc21. The second-order valence-electron chi connectivity index (χ2n) is 17.7. The number of nitrogens with zero attached hydrogens (tertiary/aromatic N) is 3. The number of carboxylic acids is 1. The van der Waals surface area contributed by atoms with Crippen LogP contribution in [0.5, 0.6) is 0 Å². The Morgan fingerprint density at radius 1 is 0.635 bits per heavy atom. The summed E-state index contributed by atoms with van der Waals surface area (Å²) in [6.07, 6.45) is 28.6. The van der Waals surface area contributed by atoms with Crippen LogP contribution in [-0.2, 0) is 9.59 Å². The zero-order valence-electron chi connectivity index (χ0n) is 37.6. The summed E-state index contributed by atoms with van der Waals surface area (Å²) in [5.74, 6) is -0.850. The number of carboxylic acid groups (broad SMARTS) is 1. The molecule has 4 aromatic carbocycles. The lowest BCUT2D eigenvalue weighted by Gasteiger charge is -2.36. The van der Waals surface area contributed by atoms with Crippen molar-refractivity contribution in [1.82, 2.24) is 9.47 Å². The smallest absolute Gasteiger partial charge is 0.323 e. The molecule has 0 aliphatic carbocycles. The zero-order valence-corrected chi connectivity index (χ0v) is 40.1. The first-order valence-corrected chi connectivity index (χ1v) is 26.1. The Morgan fingerprint density at radius 3 is 1.70 bits per heavy atom. The van der Waals surface area contributed by atoms with Crippen LogP contribution < -0.4 is 4.90 Å². The lowest BCUT2D eigenvalue weighted by Crippen LogP contribution is -2.33. The summed E-state index contributed by atoms with van der Waals surface area (Å²) in [5, 5.41) is 11.9. The number of hydrogen-bond acceptors (Lipinski definition) is 6. The number of carbonyl (C=O) groups is 2. The molecule has 2 aliphatic rings. The lowest BCUT2D eigenvalue weighted by molar-refractivity contribution is -0.140. The number of thiocarbonyl (C=S) groups is 1. The van der Waals surface area contributed by atoms with Gasteiger partial charge >= 0.3 is 5.97 Å². The molecule has 0 radical (unpaired) electrons. The first-order valence-electron chi connectivity index (χ1n) is 24.1. The summed E-state index contributed by atoms with van der Waals surface area (Å²) < 4.78 is 2.68. The molecule has 0 bridgehead atoms. The molecule has 1 aromatic heterocycles. The average molecular weight is 902 g/mol. The van der Waals surface area contributed by atoms with E-state index >= 15 is 0 Å². The summed E-state index contributed by atoms with van der Waals surface area (Å²) in [7, 11) is 0. The van der Waals surface area contributed by atoms with Gasteiger partial charge in [-0.15, -0.1) is 0 Å². The number of fused-ring (bicyclic) bond motifs is 5. The molecule has 2 aliphatic heterocycles. The molecular weight excluding hydrogens is 835 g/mol. The van der Waals surface area contributed by atoms with E-state index in [9.17, 15) is 14.7 Å². The van der Waals surface area contributed by atoms with Gasteiger partial charge in [-0.05, 0) is 72.9 Å². The van der Waals surface area contributed by atoms with Gasteiger partial charge in [0.25, 0.3) is 5.91 Å². The van der Waals surface area contributed by atoms with Crippen LogP contribution >= 0.6 is 35.7 Å². The van der Waals surface area contributed by atoms with Gasteiger partial charge in [-0.1, -0.05) is 208 Å². The van der Waals surface area contributed by atoms with Crippen LogP contribution in [0.1, 0.15) is 148 Å². The van der Waals surface area contributed by atoms with Crippen molar-refractivity contribution in [2.45, 2.75) is 152 Å². The molecule has 334 valence electrons. The second kappa shape index (κ2) is 23.8. The van der Waals surface area contributed by atoms with E-state index in [2.05, 4.69) is 108 Å². The molecular formula is C54H67N3O3S3. The minimum Gasteiger partial charge on any atom is -0.480 e. The average Bonchev–Trinajstić information content (AvgIpc) is 3.75. The summed E-state index contributed by atoms with van der Waals surface area (Å²) >= 11 is 8.39. The van der Waals surface area contributed by atoms with Crippen molar-refractivity contribution >= 4 is 91.2 Å².